The Balaban J connectivity index is 1.88. The molecule has 2 unspecified atom stereocenters. The van der Waals surface area contributed by atoms with Crippen molar-refractivity contribution in [3.63, 3.8) is 0 Å². The van der Waals surface area contributed by atoms with Crippen LogP contribution in [0.2, 0.25) is 5.02 Å². The number of benzene rings is 1. The molecule has 1 aliphatic rings. The highest BCUT2D eigenvalue weighted by atomic mass is 35.5. The molecule has 0 bridgehead atoms. The maximum absolute atomic E-state index is 10.1. The van der Waals surface area contributed by atoms with Gasteiger partial charge in [0.25, 0.3) is 0 Å². The van der Waals surface area contributed by atoms with Gasteiger partial charge in [-0.25, -0.2) is 4.98 Å². The van der Waals surface area contributed by atoms with Gasteiger partial charge in [0.05, 0.1) is 17.8 Å². The van der Waals surface area contributed by atoms with Crippen molar-refractivity contribution in [2.75, 3.05) is 11.9 Å². The minimum Gasteiger partial charge on any atom is -0.387 e. The van der Waals surface area contributed by atoms with E-state index in [4.69, 9.17) is 11.6 Å². The summed E-state index contributed by atoms with van der Waals surface area (Å²) in [7, 11) is 2.03. The molecule has 21 heavy (non-hydrogen) atoms. The molecule has 2 aromatic rings. The van der Waals surface area contributed by atoms with Crippen molar-refractivity contribution < 1.29 is 5.11 Å². The molecule has 1 aliphatic carbocycles. The van der Waals surface area contributed by atoms with E-state index < -0.39 is 6.10 Å². The minimum absolute atomic E-state index is 0.142. The SMILES string of the molecule is CC(c1ccccc1Cl)N(C)c1nc2c(s1)CCCC2O. The van der Waals surface area contributed by atoms with Crippen molar-refractivity contribution in [1.82, 2.24) is 4.98 Å². The third-order valence-corrected chi connectivity index (χ3v) is 5.72. The van der Waals surface area contributed by atoms with Gasteiger partial charge in [0.15, 0.2) is 5.13 Å². The zero-order valence-corrected chi connectivity index (χ0v) is 13.8. The van der Waals surface area contributed by atoms with Crippen LogP contribution in [0, 0.1) is 0 Å². The molecule has 0 saturated carbocycles. The molecule has 3 rings (SSSR count). The third kappa shape index (κ3) is 2.80. The first kappa shape index (κ1) is 14.8. The van der Waals surface area contributed by atoms with E-state index in [1.54, 1.807) is 11.3 Å². The zero-order chi connectivity index (χ0) is 15.0. The fourth-order valence-electron chi connectivity index (χ4n) is 2.72. The number of hydrogen-bond acceptors (Lipinski definition) is 4. The highest BCUT2D eigenvalue weighted by molar-refractivity contribution is 7.15. The number of anilines is 1. The van der Waals surface area contributed by atoms with Gasteiger partial charge < -0.3 is 10.0 Å². The fraction of sp³-hybridized carbons (Fsp3) is 0.438. The molecular formula is C16H19ClN2OS. The number of aliphatic hydroxyl groups excluding tert-OH is 1. The first-order valence-corrected chi connectivity index (χ1v) is 8.42. The van der Waals surface area contributed by atoms with Crippen LogP contribution in [0.25, 0.3) is 0 Å². The molecule has 3 nitrogen and oxygen atoms in total. The first-order chi connectivity index (χ1) is 10.1. The quantitative estimate of drug-likeness (QED) is 0.912. The summed E-state index contributed by atoms with van der Waals surface area (Å²) in [4.78, 5) is 8.02. The van der Waals surface area contributed by atoms with Crippen LogP contribution in [0.15, 0.2) is 24.3 Å². The van der Waals surface area contributed by atoms with Crippen molar-refractivity contribution in [1.29, 1.82) is 0 Å². The monoisotopic (exact) mass is 322 g/mol. The van der Waals surface area contributed by atoms with Crippen molar-refractivity contribution in [2.24, 2.45) is 0 Å². The van der Waals surface area contributed by atoms with Gasteiger partial charge in [0.2, 0.25) is 0 Å². The minimum atomic E-state index is -0.400. The van der Waals surface area contributed by atoms with E-state index in [1.807, 2.05) is 31.3 Å². The molecule has 1 heterocycles. The summed E-state index contributed by atoms with van der Waals surface area (Å²) in [5.74, 6) is 0. The first-order valence-electron chi connectivity index (χ1n) is 7.23. The predicted octanol–water partition coefficient (Wildman–Crippen LogP) is 4.36. The van der Waals surface area contributed by atoms with Gasteiger partial charge in [-0.15, -0.1) is 11.3 Å². The fourth-order valence-corrected chi connectivity index (χ4v) is 4.21. The van der Waals surface area contributed by atoms with Crippen molar-refractivity contribution in [3.05, 3.63) is 45.4 Å². The smallest absolute Gasteiger partial charge is 0.186 e. The van der Waals surface area contributed by atoms with E-state index in [-0.39, 0.29) is 6.04 Å². The number of fused-ring (bicyclic) bond motifs is 1. The Hall–Kier alpha value is -1.10. The summed E-state index contributed by atoms with van der Waals surface area (Å²) in [5, 5.41) is 11.8. The summed E-state index contributed by atoms with van der Waals surface area (Å²) < 4.78 is 0. The Morgan fingerprint density at radius 3 is 2.90 bits per heavy atom. The number of thiazole rings is 1. The summed E-state index contributed by atoms with van der Waals surface area (Å²) in [6.45, 7) is 2.12. The lowest BCUT2D eigenvalue weighted by atomic mass is 10.0. The van der Waals surface area contributed by atoms with E-state index in [1.165, 1.54) is 4.88 Å². The lowest BCUT2D eigenvalue weighted by Crippen LogP contribution is -2.21. The van der Waals surface area contributed by atoms with Crippen LogP contribution in [0.1, 0.15) is 48.0 Å². The van der Waals surface area contributed by atoms with Gasteiger partial charge in [-0.3, -0.25) is 0 Å². The molecule has 1 N–H and O–H groups in total. The van der Waals surface area contributed by atoms with Gasteiger partial charge in [0, 0.05) is 16.9 Å². The average molecular weight is 323 g/mol. The second kappa shape index (κ2) is 5.95. The van der Waals surface area contributed by atoms with Crippen LogP contribution < -0.4 is 4.90 Å². The van der Waals surface area contributed by atoms with Crippen LogP contribution in [0.4, 0.5) is 5.13 Å². The van der Waals surface area contributed by atoms with E-state index in [0.717, 1.165) is 40.7 Å². The van der Waals surface area contributed by atoms with Gasteiger partial charge in [-0.1, -0.05) is 29.8 Å². The van der Waals surface area contributed by atoms with Crippen molar-refractivity contribution in [3.8, 4) is 0 Å². The maximum atomic E-state index is 10.1. The normalized spacial score (nSPS) is 19.1. The molecule has 1 aromatic carbocycles. The molecular weight excluding hydrogens is 304 g/mol. The second-order valence-electron chi connectivity index (χ2n) is 5.52. The van der Waals surface area contributed by atoms with Crippen LogP contribution >= 0.6 is 22.9 Å². The molecule has 1 aromatic heterocycles. The zero-order valence-electron chi connectivity index (χ0n) is 12.2. The van der Waals surface area contributed by atoms with Gasteiger partial charge >= 0.3 is 0 Å². The number of nitrogens with zero attached hydrogens (tertiary/aromatic N) is 2. The predicted molar refractivity (Wildman–Crippen MR) is 88.3 cm³/mol. The lowest BCUT2D eigenvalue weighted by Gasteiger charge is -2.25. The average Bonchev–Trinajstić information content (AvgIpc) is 2.92. The molecule has 0 radical (unpaired) electrons. The van der Waals surface area contributed by atoms with E-state index in [9.17, 15) is 5.11 Å². The van der Waals surface area contributed by atoms with Gasteiger partial charge in [-0.2, -0.15) is 0 Å². The number of rotatable bonds is 3. The molecule has 0 spiro atoms. The lowest BCUT2D eigenvalue weighted by molar-refractivity contribution is 0.153. The molecule has 2 atom stereocenters. The molecule has 0 saturated heterocycles. The van der Waals surface area contributed by atoms with Crippen LogP contribution in [0.3, 0.4) is 0 Å². The van der Waals surface area contributed by atoms with E-state index in [2.05, 4.69) is 16.8 Å². The molecule has 5 heteroatoms. The van der Waals surface area contributed by atoms with E-state index >= 15 is 0 Å². The standard InChI is InChI=1S/C16H19ClN2OS/c1-10(11-6-3-4-7-12(11)17)19(2)16-18-15-13(20)8-5-9-14(15)21-16/h3-4,6-7,10,13,20H,5,8-9H2,1-2H3. The number of aliphatic hydroxyl groups is 1. The highest BCUT2D eigenvalue weighted by Gasteiger charge is 2.25. The second-order valence-corrected chi connectivity index (χ2v) is 6.99. The van der Waals surface area contributed by atoms with Crippen LogP contribution in [0.5, 0.6) is 0 Å². The Labute approximate surface area is 134 Å². The Morgan fingerprint density at radius 2 is 2.19 bits per heavy atom. The summed E-state index contributed by atoms with van der Waals surface area (Å²) >= 11 is 7.98. The maximum Gasteiger partial charge on any atom is 0.186 e. The summed E-state index contributed by atoms with van der Waals surface area (Å²) in [6, 6.07) is 8.05. The number of aromatic nitrogens is 1. The number of halogens is 1. The molecule has 112 valence electrons. The van der Waals surface area contributed by atoms with Gasteiger partial charge in [-0.05, 0) is 37.8 Å². The summed E-state index contributed by atoms with van der Waals surface area (Å²) in [6.07, 6.45) is 2.49. The topological polar surface area (TPSA) is 36.4 Å². The third-order valence-electron chi connectivity index (χ3n) is 4.15. The van der Waals surface area contributed by atoms with Crippen LogP contribution in [-0.2, 0) is 6.42 Å². The molecule has 0 aliphatic heterocycles. The number of hydrogen-bond donors (Lipinski definition) is 1. The largest absolute Gasteiger partial charge is 0.387 e. The molecule has 0 amide bonds. The van der Waals surface area contributed by atoms with Gasteiger partial charge in [0.1, 0.15) is 0 Å². The van der Waals surface area contributed by atoms with Crippen molar-refractivity contribution in [2.45, 2.75) is 38.3 Å². The van der Waals surface area contributed by atoms with Crippen molar-refractivity contribution >= 4 is 28.1 Å². The Bertz CT molecular complexity index is 643. The van der Waals surface area contributed by atoms with E-state index in [0.29, 0.717) is 0 Å². The Morgan fingerprint density at radius 1 is 1.43 bits per heavy atom. The summed E-state index contributed by atoms with van der Waals surface area (Å²) in [5.41, 5.74) is 1.97. The Kier molecular flexibility index (Phi) is 4.20. The highest BCUT2D eigenvalue weighted by Crippen LogP contribution is 2.39. The number of aryl methyl sites for hydroxylation is 1. The van der Waals surface area contributed by atoms with Crippen LogP contribution in [-0.4, -0.2) is 17.1 Å². The molecule has 0 fully saturated rings.